The van der Waals surface area contributed by atoms with Crippen LogP contribution in [0, 0.1) is 5.92 Å². The van der Waals surface area contributed by atoms with Crippen LogP contribution in [0.1, 0.15) is 45.4 Å². The Bertz CT molecular complexity index is 332. The molecule has 1 saturated heterocycles. The molecule has 2 fully saturated rings. The van der Waals surface area contributed by atoms with Crippen molar-refractivity contribution in [2.45, 2.75) is 57.5 Å². The first-order valence-corrected chi connectivity index (χ1v) is 6.89. The number of likely N-dealkylation sites (tertiary alicyclic amines) is 1. The van der Waals surface area contributed by atoms with Crippen molar-refractivity contribution in [1.29, 1.82) is 0 Å². The second-order valence-corrected chi connectivity index (χ2v) is 5.51. The number of carbonyl (C=O) groups excluding carboxylic acids is 1. The average molecular weight is 254 g/mol. The molecule has 1 saturated carbocycles. The molecule has 0 aromatic carbocycles. The van der Waals surface area contributed by atoms with Crippen LogP contribution in [-0.4, -0.2) is 40.6 Å². The van der Waals surface area contributed by atoms with E-state index >= 15 is 0 Å². The van der Waals surface area contributed by atoms with Gasteiger partial charge < -0.3 is 15.3 Å². The third-order valence-corrected chi connectivity index (χ3v) is 4.22. The SMILES string of the molecule is CC1CCCC1NC(=O)N1CCCCC1C(=O)O. The average Bonchev–Trinajstić information content (AvgIpc) is 2.75. The molecule has 1 aliphatic heterocycles. The number of hydrogen-bond acceptors (Lipinski definition) is 2. The summed E-state index contributed by atoms with van der Waals surface area (Å²) in [7, 11) is 0. The second-order valence-electron chi connectivity index (χ2n) is 5.51. The number of amides is 2. The molecule has 0 bridgehead atoms. The Morgan fingerprint density at radius 3 is 2.56 bits per heavy atom. The van der Waals surface area contributed by atoms with Crippen molar-refractivity contribution in [1.82, 2.24) is 10.2 Å². The number of hydrogen-bond donors (Lipinski definition) is 2. The van der Waals surface area contributed by atoms with Gasteiger partial charge in [0, 0.05) is 12.6 Å². The number of nitrogens with one attached hydrogen (secondary N) is 1. The van der Waals surface area contributed by atoms with Gasteiger partial charge in [0.25, 0.3) is 0 Å². The predicted molar refractivity (Wildman–Crippen MR) is 67.3 cm³/mol. The molecule has 3 atom stereocenters. The lowest BCUT2D eigenvalue weighted by molar-refractivity contribution is -0.143. The number of carbonyl (C=O) groups is 2. The molecule has 1 aliphatic carbocycles. The molecular weight excluding hydrogens is 232 g/mol. The summed E-state index contributed by atoms with van der Waals surface area (Å²) < 4.78 is 0. The highest BCUT2D eigenvalue weighted by atomic mass is 16.4. The van der Waals surface area contributed by atoms with Gasteiger partial charge in [-0.15, -0.1) is 0 Å². The minimum absolute atomic E-state index is 0.194. The molecule has 5 nitrogen and oxygen atoms in total. The van der Waals surface area contributed by atoms with E-state index in [0.29, 0.717) is 18.9 Å². The standard InChI is InChI=1S/C13H22N2O3/c1-9-5-4-6-10(9)14-13(18)15-8-3-2-7-11(15)12(16)17/h9-11H,2-8H2,1H3,(H,14,18)(H,16,17). The largest absolute Gasteiger partial charge is 0.480 e. The van der Waals surface area contributed by atoms with Gasteiger partial charge in [-0.3, -0.25) is 0 Å². The zero-order valence-electron chi connectivity index (χ0n) is 10.9. The van der Waals surface area contributed by atoms with E-state index in [4.69, 9.17) is 5.11 Å². The fraction of sp³-hybridized carbons (Fsp3) is 0.846. The lowest BCUT2D eigenvalue weighted by Crippen LogP contribution is -2.54. The molecule has 1 heterocycles. The highest BCUT2D eigenvalue weighted by molar-refractivity contribution is 5.83. The lowest BCUT2D eigenvalue weighted by atomic mass is 10.0. The van der Waals surface area contributed by atoms with Gasteiger partial charge >= 0.3 is 12.0 Å². The van der Waals surface area contributed by atoms with Crippen LogP contribution in [0.15, 0.2) is 0 Å². The molecule has 5 heteroatoms. The van der Waals surface area contributed by atoms with Crippen molar-refractivity contribution in [3.63, 3.8) is 0 Å². The Kier molecular flexibility index (Phi) is 4.09. The van der Waals surface area contributed by atoms with Crippen LogP contribution in [0.25, 0.3) is 0 Å². The van der Waals surface area contributed by atoms with E-state index in [1.807, 2.05) is 0 Å². The Hall–Kier alpha value is -1.26. The van der Waals surface area contributed by atoms with Crippen molar-refractivity contribution >= 4 is 12.0 Å². The van der Waals surface area contributed by atoms with E-state index in [0.717, 1.165) is 32.1 Å². The van der Waals surface area contributed by atoms with Gasteiger partial charge in [-0.25, -0.2) is 9.59 Å². The summed E-state index contributed by atoms with van der Waals surface area (Å²) in [6, 6.07) is -0.620. The quantitative estimate of drug-likeness (QED) is 0.789. The van der Waals surface area contributed by atoms with E-state index < -0.39 is 12.0 Å². The van der Waals surface area contributed by atoms with Crippen molar-refractivity contribution in [2.24, 2.45) is 5.92 Å². The summed E-state index contributed by atoms with van der Waals surface area (Å²) in [4.78, 5) is 24.8. The number of carboxylic acid groups (broad SMARTS) is 1. The van der Waals surface area contributed by atoms with Gasteiger partial charge in [-0.1, -0.05) is 13.3 Å². The van der Waals surface area contributed by atoms with E-state index in [9.17, 15) is 9.59 Å². The summed E-state index contributed by atoms with van der Waals surface area (Å²) in [6.07, 6.45) is 5.67. The molecule has 3 unspecified atom stereocenters. The van der Waals surface area contributed by atoms with Crippen LogP contribution in [0.2, 0.25) is 0 Å². The molecular formula is C13H22N2O3. The summed E-state index contributed by atoms with van der Waals surface area (Å²) in [5.74, 6) is -0.383. The molecule has 2 aliphatic rings. The van der Waals surface area contributed by atoms with Crippen LogP contribution in [-0.2, 0) is 4.79 Å². The number of carboxylic acids is 1. The first-order valence-electron chi connectivity index (χ1n) is 6.89. The van der Waals surface area contributed by atoms with Gasteiger partial charge in [0.15, 0.2) is 0 Å². The molecule has 0 aromatic rings. The Morgan fingerprint density at radius 1 is 1.17 bits per heavy atom. The molecule has 2 amide bonds. The third-order valence-electron chi connectivity index (χ3n) is 4.22. The van der Waals surface area contributed by atoms with Crippen molar-refractivity contribution in [3.05, 3.63) is 0 Å². The Morgan fingerprint density at radius 2 is 1.94 bits per heavy atom. The minimum Gasteiger partial charge on any atom is -0.480 e. The number of urea groups is 1. The Balaban J connectivity index is 1.95. The van der Waals surface area contributed by atoms with Crippen LogP contribution >= 0.6 is 0 Å². The van der Waals surface area contributed by atoms with Gasteiger partial charge in [-0.2, -0.15) is 0 Å². The predicted octanol–water partition coefficient (Wildman–Crippen LogP) is 1.82. The normalized spacial score (nSPS) is 32.3. The minimum atomic E-state index is -0.885. The van der Waals surface area contributed by atoms with Crippen LogP contribution in [0.3, 0.4) is 0 Å². The van der Waals surface area contributed by atoms with Crippen LogP contribution in [0.5, 0.6) is 0 Å². The summed E-state index contributed by atoms with van der Waals surface area (Å²) >= 11 is 0. The summed E-state index contributed by atoms with van der Waals surface area (Å²) in [6.45, 7) is 2.70. The molecule has 0 radical (unpaired) electrons. The number of aliphatic carboxylic acids is 1. The van der Waals surface area contributed by atoms with Crippen molar-refractivity contribution in [2.75, 3.05) is 6.54 Å². The first kappa shape index (κ1) is 13.2. The highest BCUT2D eigenvalue weighted by Gasteiger charge is 2.34. The van der Waals surface area contributed by atoms with Crippen molar-refractivity contribution < 1.29 is 14.7 Å². The Labute approximate surface area is 108 Å². The van der Waals surface area contributed by atoms with E-state index in [1.54, 1.807) is 0 Å². The smallest absolute Gasteiger partial charge is 0.326 e. The molecule has 2 N–H and O–H groups in total. The lowest BCUT2D eigenvalue weighted by Gasteiger charge is -2.34. The van der Waals surface area contributed by atoms with E-state index in [-0.39, 0.29) is 12.1 Å². The fourth-order valence-corrected chi connectivity index (χ4v) is 3.03. The van der Waals surface area contributed by atoms with Crippen LogP contribution < -0.4 is 5.32 Å². The number of piperidine rings is 1. The van der Waals surface area contributed by atoms with Crippen molar-refractivity contribution in [3.8, 4) is 0 Å². The van der Waals surface area contributed by atoms with E-state index in [2.05, 4.69) is 12.2 Å². The highest BCUT2D eigenvalue weighted by Crippen LogP contribution is 2.25. The molecule has 0 spiro atoms. The van der Waals surface area contributed by atoms with Gasteiger partial charge in [0.05, 0.1) is 0 Å². The maximum atomic E-state index is 12.2. The van der Waals surface area contributed by atoms with Gasteiger partial charge in [0.1, 0.15) is 6.04 Å². The third kappa shape index (κ3) is 2.76. The summed E-state index contributed by atoms with van der Waals surface area (Å²) in [5.41, 5.74) is 0. The zero-order valence-corrected chi connectivity index (χ0v) is 10.9. The van der Waals surface area contributed by atoms with Gasteiger partial charge in [0.2, 0.25) is 0 Å². The monoisotopic (exact) mass is 254 g/mol. The van der Waals surface area contributed by atoms with Gasteiger partial charge in [-0.05, 0) is 38.0 Å². The molecule has 18 heavy (non-hydrogen) atoms. The topological polar surface area (TPSA) is 69.6 Å². The number of nitrogens with zero attached hydrogens (tertiary/aromatic N) is 1. The zero-order chi connectivity index (χ0) is 13.1. The second kappa shape index (κ2) is 5.59. The summed E-state index contributed by atoms with van der Waals surface area (Å²) in [5, 5.41) is 12.2. The maximum absolute atomic E-state index is 12.2. The number of rotatable bonds is 2. The molecule has 2 rings (SSSR count). The first-order chi connectivity index (χ1) is 8.59. The fourth-order valence-electron chi connectivity index (χ4n) is 3.03. The maximum Gasteiger partial charge on any atom is 0.326 e. The molecule has 0 aromatic heterocycles. The molecule has 102 valence electrons. The van der Waals surface area contributed by atoms with E-state index in [1.165, 1.54) is 4.90 Å². The van der Waals surface area contributed by atoms with Crippen LogP contribution in [0.4, 0.5) is 4.79 Å².